The van der Waals surface area contributed by atoms with E-state index in [1.165, 1.54) is 0 Å². The van der Waals surface area contributed by atoms with Gasteiger partial charge < -0.3 is 10.4 Å². The molecule has 0 bridgehead atoms. The third-order valence-corrected chi connectivity index (χ3v) is 1.40. The highest BCUT2D eigenvalue weighted by atomic mass is 16.4. The number of carbonyl (C=O) groups excluding carboxylic acids is 2. The van der Waals surface area contributed by atoms with Gasteiger partial charge in [0.2, 0.25) is 5.91 Å². The van der Waals surface area contributed by atoms with Crippen molar-refractivity contribution in [1.82, 2.24) is 10.6 Å². The molecule has 0 atom stereocenters. The molecular weight excluding hydrogens is 200 g/mol. The first-order chi connectivity index (χ1) is 7.06. The van der Waals surface area contributed by atoms with Gasteiger partial charge in [-0.05, 0) is 6.42 Å². The van der Waals surface area contributed by atoms with Gasteiger partial charge in [0.1, 0.15) is 0 Å². The molecule has 0 aliphatic heterocycles. The fourth-order valence-corrected chi connectivity index (χ4v) is 0.765. The topological polar surface area (TPSA) is 95.5 Å². The molecule has 0 radical (unpaired) electrons. The van der Waals surface area contributed by atoms with Crippen LogP contribution in [0.3, 0.4) is 0 Å². The van der Waals surface area contributed by atoms with Gasteiger partial charge in [-0.3, -0.25) is 14.9 Å². The number of carboxylic acids is 1. The molecule has 0 aromatic carbocycles. The Morgan fingerprint density at radius 1 is 1.27 bits per heavy atom. The van der Waals surface area contributed by atoms with E-state index in [1.807, 2.05) is 5.32 Å². The number of amides is 3. The summed E-state index contributed by atoms with van der Waals surface area (Å²) in [6.45, 7) is 0.0360. The minimum Gasteiger partial charge on any atom is -0.481 e. The summed E-state index contributed by atoms with van der Waals surface area (Å²) in [7, 11) is 0. The van der Waals surface area contributed by atoms with Crippen molar-refractivity contribution in [2.75, 3.05) is 6.54 Å². The SMILES string of the molecule is C#CCNC(=O)NC(=O)CCCC(=O)O. The predicted molar refractivity (Wildman–Crippen MR) is 51.9 cm³/mol. The number of carbonyl (C=O) groups is 3. The van der Waals surface area contributed by atoms with E-state index in [0.29, 0.717) is 0 Å². The van der Waals surface area contributed by atoms with Crippen LogP contribution in [0.4, 0.5) is 4.79 Å². The number of imide groups is 1. The van der Waals surface area contributed by atoms with Gasteiger partial charge >= 0.3 is 12.0 Å². The van der Waals surface area contributed by atoms with Gasteiger partial charge in [0.15, 0.2) is 0 Å². The summed E-state index contributed by atoms with van der Waals surface area (Å²) in [5.41, 5.74) is 0. The number of hydrogen-bond donors (Lipinski definition) is 3. The molecule has 0 aromatic rings. The molecule has 0 rings (SSSR count). The molecule has 0 heterocycles. The number of carboxylic acid groups (broad SMARTS) is 1. The van der Waals surface area contributed by atoms with Gasteiger partial charge in [-0.25, -0.2) is 4.79 Å². The molecular formula is C9H12N2O4. The second-order valence-electron chi connectivity index (χ2n) is 2.68. The van der Waals surface area contributed by atoms with Crippen LogP contribution in [0.25, 0.3) is 0 Å². The highest BCUT2D eigenvalue weighted by molar-refractivity contribution is 5.94. The number of aliphatic carboxylic acids is 1. The van der Waals surface area contributed by atoms with Crippen LogP contribution in [0.5, 0.6) is 0 Å². The summed E-state index contributed by atoms with van der Waals surface area (Å²) < 4.78 is 0. The Morgan fingerprint density at radius 2 is 1.93 bits per heavy atom. The molecule has 3 N–H and O–H groups in total. The number of rotatable bonds is 5. The number of urea groups is 1. The summed E-state index contributed by atoms with van der Waals surface area (Å²) in [4.78, 5) is 31.9. The molecule has 3 amide bonds. The van der Waals surface area contributed by atoms with Crippen molar-refractivity contribution in [3.05, 3.63) is 0 Å². The second kappa shape index (κ2) is 7.38. The second-order valence-corrected chi connectivity index (χ2v) is 2.68. The minimum atomic E-state index is -0.973. The summed E-state index contributed by atoms with van der Waals surface area (Å²) in [6.07, 6.45) is 4.97. The average molecular weight is 212 g/mol. The van der Waals surface area contributed by atoms with Crippen LogP contribution >= 0.6 is 0 Å². The third kappa shape index (κ3) is 8.30. The van der Waals surface area contributed by atoms with Crippen LogP contribution in [0, 0.1) is 12.3 Å². The summed E-state index contributed by atoms with van der Waals surface area (Å²) in [6, 6.07) is -0.673. The molecule has 0 fully saturated rings. The maximum absolute atomic E-state index is 11.0. The van der Waals surface area contributed by atoms with Crippen LogP contribution in [0.2, 0.25) is 0 Å². The van der Waals surface area contributed by atoms with E-state index in [1.54, 1.807) is 0 Å². The van der Waals surface area contributed by atoms with Crippen molar-refractivity contribution < 1.29 is 19.5 Å². The first-order valence-corrected chi connectivity index (χ1v) is 4.29. The number of nitrogens with one attached hydrogen (secondary N) is 2. The summed E-state index contributed by atoms with van der Waals surface area (Å²) >= 11 is 0. The van der Waals surface area contributed by atoms with E-state index in [-0.39, 0.29) is 25.8 Å². The molecule has 0 aliphatic rings. The summed E-state index contributed by atoms with van der Waals surface area (Å²) in [5, 5.41) is 12.5. The molecule has 0 aromatic heterocycles. The lowest BCUT2D eigenvalue weighted by Gasteiger charge is -2.03. The van der Waals surface area contributed by atoms with Crippen LogP contribution in [-0.4, -0.2) is 29.6 Å². The first-order valence-electron chi connectivity index (χ1n) is 4.29. The third-order valence-electron chi connectivity index (χ3n) is 1.40. The van der Waals surface area contributed by atoms with E-state index in [4.69, 9.17) is 11.5 Å². The Morgan fingerprint density at radius 3 is 2.47 bits per heavy atom. The van der Waals surface area contributed by atoms with Crippen molar-refractivity contribution in [1.29, 1.82) is 0 Å². The zero-order chi connectivity index (χ0) is 11.7. The maximum Gasteiger partial charge on any atom is 0.322 e. The Kier molecular flexibility index (Phi) is 6.38. The lowest BCUT2D eigenvalue weighted by atomic mass is 10.2. The van der Waals surface area contributed by atoms with E-state index in [9.17, 15) is 14.4 Å². The number of hydrogen-bond acceptors (Lipinski definition) is 3. The smallest absolute Gasteiger partial charge is 0.322 e. The van der Waals surface area contributed by atoms with Crippen LogP contribution in [-0.2, 0) is 9.59 Å². The normalized spacial score (nSPS) is 8.73. The zero-order valence-corrected chi connectivity index (χ0v) is 8.08. The van der Waals surface area contributed by atoms with Gasteiger partial charge in [0.05, 0.1) is 6.54 Å². The van der Waals surface area contributed by atoms with Gasteiger partial charge in [-0.1, -0.05) is 5.92 Å². The van der Waals surface area contributed by atoms with Gasteiger partial charge in [-0.2, -0.15) is 0 Å². The Balaban J connectivity index is 3.61. The van der Waals surface area contributed by atoms with Crippen molar-refractivity contribution in [2.24, 2.45) is 0 Å². The largest absolute Gasteiger partial charge is 0.481 e. The lowest BCUT2D eigenvalue weighted by Crippen LogP contribution is -2.39. The minimum absolute atomic E-state index is 0.00419. The Hall–Kier alpha value is -2.03. The molecule has 15 heavy (non-hydrogen) atoms. The van der Waals surface area contributed by atoms with Crippen LogP contribution in [0.15, 0.2) is 0 Å². The van der Waals surface area contributed by atoms with Gasteiger partial charge in [0, 0.05) is 12.8 Å². The van der Waals surface area contributed by atoms with Crippen molar-refractivity contribution >= 4 is 17.9 Å². The highest BCUT2D eigenvalue weighted by Gasteiger charge is 2.07. The average Bonchev–Trinajstić information content (AvgIpc) is 2.14. The van der Waals surface area contributed by atoms with Gasteiger partial charge in [0.25, 0.3) is 0 Å². The van der Waals surface area contributed by atoms with E-state index >= 15 is 0 Å². The van der Waals surface area contributed by atoms with E-state index in [0.717, 1.165) is 0 Å². The van der Waals surface area contributed by atoms with Crippen molar-refractivity contribution in [2.45, 2.75) is 19.3 Å². The Bertz CT molecular complexity index is 293. The summed E-state index contributed by atoms with van der Waals surface area (Å²) in [5.74, 6) is 0.674. The molecule has 0 spiro atoms. The quantitative estimate of drug-likeness (QED) is 0.545. The van der Waals surface area contributed by atoms with Crippen molar-refractivity contribution in [3.63, 3.8) is 0 Å². The molecule has 82 valence electrons. The fraction of sp³-hybridized carbons (Fsp3) is 0.444. The molecule has 0 saturated carbocycles. The van der Waals surface area contributed by atoms with Crippen molar-refractivity contribution in [3.8, 4) is 12.3 Å². The maximum atomic E-state index is 11.0. The first kappa shape index (κ1) is 13.0. The molecule has 0 saturated heterocycles. The number of terminal acetylenes is 1. The molecule has 0 aliphatic carbocycles. The highest BCUT2D eigenvalue weighted by Crippen LogP contribution is 1.94. The fourth-order valence-electron chi connectivity index (χ4n) is 0.765. The molecule has 6 nitrogen and oxygen atoms in total. The lowest BCUT2D eigenvalue weighted by molar-refractivity contribution is -0.137. The standard InChI is InChI=1S/C9H12N2O4/c1-2-6-10-9(15)11-7(12)4-3-5-8(13)14/h1H,3-6H2,(H,13,14)(H2,10,11,12,15). The zero-order valence-electron chi connectivity index (χ0n) is 8.08. The monoisotopic (exact) mass is 212 g/mol. The van der Waals surface area contributed by atoms with Crippen LogP contribution in [0.1, 0.15) is 19.3 Å². The molecule has 6 heteroatoms. The van der Waals surface area contributed by atoms with Gasteiger partial charge in [-0.15, -0.1) is 6.42 Å². The van der Waals surface area contributed by atoms with Crippen LogP contribution < -0.4 is 10.6 Å². The Labute approximate surface area is 87.0 Å². The van der Waals surface area contributed by atoms with E-state index in [2.05, 4.69) is 11.2 Å². The molecule has 0 unspecified atom stereocenters. The predicted octanol–water partition coefficient (Wildman–Crippen LogP) is -0.300. The van der Waals surface area contributed by atoms with E-state index < -0.39 is 17.9 Å².